The molecule has 0 aliphatic carbocycles. The minimum Gasteiger partial charge on any atom is -0.319 e. The molecule has 0 saturated carbocycles. The monoisotopic (exact) mass is 536 g/mol. The molecule has 4 rings (SSSR count). The van der Waals surface area contributed by atoms with Crippen LogP contribution in [0, 0.1) is 10.1 Å². The molecule has 192 valence electrons. The molecule has 0 unspecified atom stereocenters. The van der Waals surface area contributed by atoms with Gasteiger partial charge in [0.05, 0.1) is 21.2 Å². The van der Waals surface area contributed by atoms with Gasteiger partial charge in [-0.05, 0) is 31.9 Å². The number of nitro groups is 1. The normalized spacial score (nSPS) is 11.5. The molecule has 0 bridgehead atoms. The maximum atomic E-state index is 12.5. The molecule has 0 radical (unpaired) electrons. The van der Waals surface area contributed by atoms with Crippen LogP contribution in [0.4, 0.5) is 5.69 Å². The Hall–Kier alpha value is -3.47. The Bertz CT molecular complexity index is 1440. The molecule has 1 N–H and O–H groups in total. The van der Waals surface area contributed by atoms with Crippen LogP contribution in [0.1, 0.15) is 19.8 Å². The molecule has 0 fully saturated rings. The molecule has 0 spiro atoms. The zero-order chi connectivity index (χ0) is 26.3. The van der Waals surface area contributed by atoms with E-state index in [9.17, 15) is 18.5 Å². The number of nitrogens with one attached hydrogen (secondary N) is 1. The van der Waals surface area contributed by atoms with Gasteiger partial charge in [-0.3, -0.25) is 10.1 Å². The SMILES string of the molecule is CCn1c(SCCCCNS(=O)(=O)c2ccc([N+](=O)[O-])cc2)nc(-c2ccccc2)c1-c1ccccc1. The summed E-state index contributed by atoms with van der Waals surface area (Å²) < 4.78 is 29.7. The van der Waals surface area contributed by atoms with Gasteiger partial charge in [-0.1, -0.05) is 72.4 Å². The van der Waals surface area contributed by atoms with Gasteiger partial charge in [-0.15, -0.1) is 0 Å². The summed E-state index contributed by atoms with van der Waals surface area (Å²) >= 11 is 1.67. The van der Waals surface area contributed by atoms with Gasteiger partial charge in [0.1, 0.15) is 0 Å². The number of sulfonamides is 1. The van der Waals surface area contributed by atoms with Gasteiger partial charge in [0.15, 0.2) is 5.16 Å². The first-order chi connectivity index (χ1) is 17.9. The Morgan fingerprint density at radius 3 is 2.14 bits per heavy atom. The summed E-state index contributed by atoms with van der Waals surface area (Å²) in [5.74, 6) is 0.790. The van der Waals surface area contributed by atoms with E-state index in [1.165, 1.54) is 24.3 Å². The molecule has 1 heterocycles. The second kappa shape index (κ2) is 12.2. The quantitative estimate of drug-likeness (QED) is 0.103. The van der Waals surface area contributed by atoms with E-state index >= 15 is 0 Å². The molecule has 8 nitrogen and oxygen atoms in total. The van der Waals surface area contributed by atoms with Crippen molar-refractivity contribution in [3.8, 4) is 22.5 Å². The van der Waals surface area contributed by atoms with Gasteiger partial charge in [0, 0.05) is 42.1 Å². The fourth-order valence-electron chi connectivity index (χ4n) is 3.95. The molecule has 0 aliphatic heterocycles. The molecule has 0 aliphatic rings. The van der Waals surface area contributed by atoms with Crippen molar-refractivity contribution in [2.45, 2.75) is 36.4 Å². The van der Waals surface area contributed by atoms with E-state index < -0.39 is 14.9 Å². The van der Waals surface area contributed by atoms with E-state index in [2.05, 4.69) is 40.5 Å². The molecule has 0 saturated heterocycles. The third-order valence-electron chi connectivity index (χ3n) is 5.80. The maximum Gasteiger partial charge on any atom is 0.269 e. The van der Waals surface area contributed by atoms with Gasteiger partial charge in [-0.25, -0.2) is 18.1 Å². The lowest BCUT2D eigenvalue weighted by atomic mass is 10.0. The summed E-state index contributed by atoms with van der Waals surface area (Å²) in [5, 5.41) is 11.7. The summed E-state index contributed by atoms with van der Waals surface area (Å²) in [5.41, 5.74) is 4.08. The van der Waals surface area contributed by atoms with E-state index in [1.54, 1.807) is 11.8 Å². The summed E-state index contributed by atoms with van der Waals surface area (Å²) in [6.45, 7) is 3.17. The number of hydrogen-bond acceptors (Lipinski definition) is 6. The average molecular weight is 537 g/mol. The lowest BCUT2D eigenvalue weighted by Gasteiger charge is -2.11. The van der Waals surface area contributed by atoms with Crippen LogP contribution >= 0.6 is 11.8 Å². The van der Waals surface area contributed by atoms with E-state index in [0.29, 0.717) is 6.42 Å². The van der Waals surface area contributed by atoms with Gasteiger partial charge in [-0.2, -0.15) is 0 Å². The van der Waals surface area contributed by atoms with Crippen molar-refractivity contribution in [3.05, 3.63) is 95.0 Å². The molecular weight excluding hydrogens is 508 g/mol. The Morgan fingerprint density at radius 1 is 0.919 bits per heavy atom. The third kappa shape index (κ3) is 6.46. The van der Waals surface area contributed by atoms with Crippen LogP contribution in [0.15, 0.2) is 95.0 Å². The van der Waals surface area contributed by atoms with Crippen LogP contribution in [0.25, 0.3) is 22.5 Å². The molecule has 4 aromatic rings. The predicted octanol–water partition coefficient (Wildman–Crippen LogP) is 6.00. The van der Waals surface area contributed by atoms with E-state index in [1.807, 2.05) is 36.4 Å². The smallest absolute Gasteiger partial charge is 0.269 e. The Kier molecular flexibility index (Phi) is 8.75. The maximum absolute atomic E-state index is 12.5. The Morgan fingerprint density at radius 2 is 1.54 bits per heavy atom. The molecule has 0 atom stereocenters. The number of unbranched alkanes of at least 4 members (excludes halogenated alkanes) is 1. The second-order valence-corrected chi connectivity index (χ2v) is 11.1. The third-order valence-corrected chi connectivity index (χ3v) is 8.34. The number of aromatic nitrogens is 2. The van der Waals surface area contributed by atoms with Gasteiger partial charge < -0.3 is 4.57 Å². The largest absolute Gasteiger partial charge is 0.319 e. The summed E-state index contributed by atoms with van der Waals surface area (Å²) in [4.78, 5) is 15.2. The fraction of sp³-hybridized carbons (Fsp3) is 0.222. The summed E-state index contributed by atoms with van der Waals surface area (Å²) in [7, 11) is -3.71. The van der Waals surface area contributed by atoms with Crippen molar-refractivity contribution in [2.75, 3.05) is 12.3 Å². The first-order valence-electron chi connectivity index (χ1n) is 12.0. The zero-order valence-corrected chi connectivity index (χ0v) is 22.0. The van der Waals surface area contributed by atoms with Gasteiger partial charge >= 0.3 is 0 Å². The lowest BCUT2D eigenvalue weighted by Crippen LogP contribution is -2.24. The number of nitro benzene ring substituents is 1. The highest BCUT2D eigenvalue weighted by atomic mass is 32.2. The number of thioether (sulfide) groups is 1. The van der Waals surface area contributed by atoms with Gasteiger partial charge in [0.2, 0.25) is 10.0 Å². The van der Waals surface area contributed by atoms with Crippen LogP contribution in [0.5, 0.6) is 0 Å². The molecule has 10 heteroatoms. The highest BCUT2D eigenvalue weighted by Crippen LogP contribution is 2.36. The van der Waals surface area contributed by atoms with Crippen molar-refractivity contribution in [3.63, 3.8) is 0 Å². The van der Waals surface area contributed by atoms with Crippen molar-refractivity contribution in [2.24, 2.45) is 0 Å². The Labute approximate surface area is 221 Å². The number of benzene rings is 3. The molecule has 37 heavy (non-hydrogen) atoms. The Balaban J connectivity index is 1.39. The van der Waals surface area contributed by atoms with Crippen LogP contribution < -0.4 is 4.72 Å². The highest BCUT2D eigenvalue weighted by Gasteiger charge is 2.19. The number of rotatable bonds is 12. The van der Waals surface area contributed by atoms with Crippen molar-refractivity contribution in [1.29, 1.82) is 0 Å². The number of non-ortho nitro benzene ring substituents is 1. The van der Waals surface area contributed by atoms with E-state index in [-0.39, 0.29) is 17.1 Å². The topological polar surface area (TPSA) is 107 Å². The van der Waals surface area contributed by atoms with E-state index in [4.69, 9.17) is 4.98 Å². The van der Waals surface area contributed by atoms with Crippen LogP contribution in [-0.2, 0) is 16.6 Å². The number of hydrogen-bond donors (Lipinski definition) is 1. The predicted molar refractivity (Wildman–Crippen MR) is 147 cm³/mol. The zero-order valence-electron chi connectivity index (χ0n) is 20.4. The fourth-order valence-corrected chi connectivity index (χ4v) is 6.09. The first kappa shape index (κ1) is 26.6. The van der Waals surface area contributed by atoms with Crippen LogP contribution in [0.2, 0.25) is 0 Å². The standard InChI is InChI=1S/C27H28N4O4S2/c1-2-30-26(22-13-7-4-8-14-22)25(21-11-5-3-6-12-21)29-27(30)36-20-10-9-19-28-37(34,35)24-17-15-23(16-18-24)31(32)33/h3-8,11-18,28H,2,9-10,19-20H2,1H3. The van der Waals surface area contributed by atoms with E-state index in [0.717, 1.165) is 46.4 Å². The molecule has 3 aromatic carbocycles. The minimum absolute atomic E-state index is 0.0133. The second-order valence-electron chi connectivity index (χ2n) is 8.27. The summed E-state index contributed by atoms with van der Waals surface area (Å²) in [6.07, 6.45) is 1.45. The van der Waals surface area contributed by atoms with Crippen molar-refractivity contribution >= 4 is 27.5 Å². The molecule has 0 amide bonds. The molecule has 1 aromatic heterocycles. The van der Waals surface area contributed by atoms with Crippen LogP contribution in [-0.4, -0.2) is 35.2 Å². The average Bonchev–Trinajstić information content (AvgIpc) is 3.30. The minimum atomic E-state index is -3.71. The van der Waals surface area contributed by atoms with Gasteiger partial charge in [0.25, 0.3) is 5.69 Å². The lowest BCUT2D eigenvalue weighted by molar-refractivity contribution is -0.384. The number of imidazole rings is 1. The van der Waals surface area contributed by atoms with Crippen molar-refractivity contribution < 1.29 is 13.3 Å². The first-order valence-corrected chi connectivity index (χ1v) is 14.5. The number of nitrogens with zero attached hydrogens (tertiary/aromatic N) is 3. The van der Waals surface area contributed by atoms with Crippen LogP contribution in [0.3, 0.4) is 0 Å². The highest BCUT2D eigenvalue weighted by molar-refractivity contribution is 7.99. The molecular formula is C27H28N4O4S2. The summed E-state index contributed by atoms with van der Waals surface area (Å²) in [6, 6.07) is 25.3. The van der Waals surface area contributed by atoms with Crippen molar-refractivity contribution in [1.82, 2.24) is 14.3 Å².